The van der Waals surface area contributed by atoms with Crippen LogP contribution in [0, 0.1) is 6.92 Å². The Balaban J connectivity index is 1.09. The Morgan fingerprint density at radius 2 is 0.836 bits per heavy atom. The second-order valence-corrected chi connectivity index (χ2v) is 19.9. The number of nitrogens with one attached hydrogen (secondary N) is 1. The Morgan fingerprint density at radius 1 is 0.393 bits per heavy atom. The molecule has 1 heterocycles. The van der Waals surface area contributed by atoms with E-state index < -0.39 is 8.07 Å². The Kier molecular flexibility index (Phi) is 9.17. The van der Waals surface area contributed by atoms with E-state index in [1.54, 1.807) is 0 Å². The molecule has 1 aliphatic heterocycles. The van der Waals surface area contributed by atoms with Crippen LogP contribution < -0.4 is 31.0 Å². The largest absolute Gasteiger partial charge is 0.359 e. The van der Waals surface area contributed by atoms with Gasteiger partial charge in [0.2, 0.25) is 0 Å². The molecule has 0 fully saturated rings. The first-order valence-corrected chi connectivity index (χ1v) is 23.2. The van der Waals surface area contributed by atoms with Crippen molar-refractivity contribution in [2.75, 3.05) is 10.2 Å². The number of para-hydroxylation sites is 1. The average molecular weight is 797 g/mol. The van der Waals surface area contributed by atoms with E-state index in [0.29, 0.717) is 0 Å². The minimum Gasteiger partial charge on any atom is -0.359 e. The molecule has 0 saturated carbocycles. The quantitative estimate of drug-likeness (QED) is 0.0936. The standard InChI is InChI=1S/C58H44N2Si/c1-41-20-18-35-54-57(41)59-58(43-21-6-2-7-22-43)60(54)45-38-36-42(37-39-45)55-50-31-14-16-33-52(50)56(53-34-17-15-32-51(53)55)44-23-19-30-49(40-44)61(46-24-8-3-9-25-46,47-26-10-4-11-27-47)48-28-12-5-13-29-48/h2-40,58-59H,1H3. The summed E-state index contributed by atoms with van der Waals surface area (Å²) in [7, 11) is -2.74. The third kappa shape index (κ3) is 6.08. The lowest BCUT2D eigenvalue weighted by Crippen LogP contribution is -2.74. The highest BCUT2D eigenvalue weighted by molar-refractivity contribution is 7.19. The summed E-state index contributed by atoms with van der Waals surface area (Å²) < 4.78 is 0. The zero-order valence-electron chi connectivity index (χ0n) is 34.0. The summed E-state index contributed by atoms with van der Waals surface area (Å²) in [4.78, 5) is 2.44. The highest BCUT2D eigenvalue weighted by Crippen LogP contribution is 2.49. The maximum absolute atomic E-state index is 3.85. The molecular formula is C58H44N2Si. The van der Waals surface area contributed by atoms with Crippen molar-refractivity contribution in [3.05, 3.63) is 248 Å². The van der Waals surface area contributed by atoms with E-state index in [0.717, 1.165) is 5.69 Å². The molecule has 0 spiro atoms. The smallest absolute Gasteiger partial charge is 0.179 e. The van der Waals surface area contributed by atoms with Crippen LogP contribution in [-0.2, 0) is 0 Å². The van der Waals surface area contributed by atoms with Gasteiger partial charge in [0, 0.05) is 5.69 Å². The van der Waals surface area contributed by atoms with Crippen molar-refractivity contribution in [1.82, 2.24) is 0 Å². The zero-order valence-corrected chi connectivity index (χ0v) is 35.0. The highest BCUT2D eigenvalue weighted by Gasteiger charge is 2.41. The molecule has 3 heteroatoms. The first kappa shape index (κ1) is 36.6. The van der Waals surface area contributed by atoms with E-state index >= 15 is 0 Å². The van der Waals surface area contributed by atoms with E-state index in [-0.39, 0.29) is 6.17 Å². The average Bonchev–Trinajstić information content (AvgIpc) is 3.74. The minimum atomic E-state index is -2.74. The molecule has 0 radical (unpaired) electrons. The number of nitrogens with zero attached hydrogens (tertiary/aromatic N) is 1. The maximum Gasteiger partial charge on any atom is 0.179 e. The monoisotopic (exact) mass is 796 g/mol. The van der Waals surface area contributed by atoms with Gasteiger partial charge in [0.1, 0.15) is 6.17 Å². The topological polar surface area (TPSA) is 15.3 Å². The van der Waals surface area contributed by atoms with Crippen molar-refractivity contribution in [1.29, 1.82) is 0 Å². The van der Waals surface area contributed by atoms with Crippen LogP contribution in [0.3, 0.4) is 0 Å². The van der Waals surface area contributed by atoms with Gasteiger partial charge in [-0.1, -0.05) is 218 Å². The van der Waals surface area contributed by atoms with Gasteiger partial charge < -0.3 is 10.2 Å². The third-order valence-corrected chi connectivity index (χ3v) is 17.5. The number of aryl methyl sites for hydroxylation is 1. The Bertz CT molecular complexity index is 3010. The molecule has 61 heavy (non-hydrogen) atoms. The lowest BCUT2D eigenvalue weighted by Gasteiger charge is -2.34. The minimum absolute atomic E-state index is 0.00710. The van der Waals surface area contributed by atoms with Crippen LogP contribution in [0.15, 0.2) is 237 Å². The van der Waals surface area contributed by atoms with Gasteiger partial charge in [-0.3, -0.25) is 0 Å². The van der Waals surface area contributed by atoms with E-state index in [9.17, 15) is 0 Å². The normalized spacial score (nSPS) is 13.6. The molecule has 0 saturated heterocycles. The summed E-state index contributed by atoms with van der Waals surface area (Å²) in [5.41, 5.74) is 11.0. The van der Waals surface area contributed by atoms with Crippen LogP contribution in [0.1, 0.15) is 17.3 Å². The number of fused-ring (bicyclic) bond motifs is 3. The molecule has 2 nitrogen and oxygen atoms in total. The van der Waals surface area contributed by atoms with Gasteiger partial charge >= 0.3 is 0 Å². The van der Waals surface area contributed by atoms with Crippen molar-refractivity contribution in [2.24, 2.45) is 0 Å². The predicted molar refractivity (Wildman–Crippen MR) is 262 cm³/mol. The number of hydrogen-bond donors (Lipinski definition) is 1. The molecule has 10 aromatic carbocycles. The lowest BCUT2D eigenvalue weighted by molar-refractivity contribution is 0.828. The first-order valence-electron chi connectivity index (χ1n) is 21.2. The molecule has 1 unspecified atom stereocenters. The Hall–Kier alpha value is -7.46. The SMILES string of the molecule is Cc1cccc2c1NC(c1ccccc1)N2c1ccc(-c2c3ccccc3c(-c3cccc([Si](c4ccccc4)(c4ccccc4)c4ccccc4)c3)c3ccccc23)cc1. The van der Waals surface area contributed by atoms with Crippen LogP contribution in [0.4, 0.5) is 17.1 Å². The molecule has 0 amide bonds. The summed E-state index contributed by atoms with van der Waals surface area (Å²) in [5.74, 6) is 0. The van der Waals surface area contributed by atoms with Crippen molar-refractivity contribution in [3.63, 3.8) is 0 Å². The van der Waals surface area contributed by atoms with Crippen LogP contribution in [0.5, 0.6) is 0 Å². The molecule has 0 aliphatic carbocycles. The molecule has 1 atom stereocenters. The van der Waals surface area contributed by atoms with Gasteiger partial charge in [-0.05, 0) is 101 Å². The van der Waals surface area contributed by atoms with Gasteiger partial charge in [-0.15, -0.1) is 0 Å². The van der Waals surface area contributed by atoms with Gasteiger partial charge in [-0.25, -0.2) is 0 Å². The van der Waals surface area contributed by atoms with Crippen molar-refractivity contribution in [2.45, 2.75) is 13.1 Å². The van der Waals surface area contributed by atoms with Crippen LogP contribution in [0.2, 0.25) is 0 Å². The molecule has 10 aromatic rings. The predicted octanol–water partition coefficient (Wildman–Crippen LogP) is 12.3. The fraction of sp³-hybridized carbons (Fsp3) is 0.0345. The molecular weight excluding hydrogens is 753 g/mol. The fourth-order valence-corrected chi connectivity index (χ4v) is 14.8. The Morgan fingerprint density at radius 3 is 1.36 bits per heavy atom. The summed E-state index contributed by atoms with van der Waals surface area (Å²) in [5, 5.41) is 14.3. The van der Waals surface area contributed by atoms with Gasteiger partial charge in [0.25, 0.3) is 0 Å². The van der Waals surface area contributed by atoms with Crippen molar-refractivity contribution >= 4 is 67.4 Å². The van der Waals surface area contributed by atoms with E-state index in [2.05, 4.69) is 254 Å². The molecule has 1 N–H and O–H groups in total. The van der Waals surface area contributed by atoms with Crippen molar-refractivity contribution in [3.8, 4) is 22.3 Å². The summed E-state index contributed by atoms with van der Waals surface area (Å²) in [6.45, 7) is 2.19. The van der Waals surface area contributed by atoms with Gasteiger partial charge in [0.05, 0.1) is 11.4 Å². The molecule has 290 valence electrons. The molecule has 1 aliphatic rings. The van der Waals surface area contributed by atoms with Gasteiger partial charge in [-0.2, -0.15) is 0 Å². The third-order valence-electron chi connectivity index (χ3n) is 12.7. The van der Waals surface area contributed by atoms with E-state index in [4.69, 9.17) is 0 Å². The van der Waals surface area contributed by atoms with Gasteiger partial charge in [0.15, 0.2) is 8.07 Å². The maximum atomic E-state index is 3.85. The summed E-state index contributed by atoms with van der Waals surface area (Å²) in [6, 6.07) is 87.7. The summed E-state index contributed by atoms with van der Waals surface area (Å²) >= 11 is 0. The highest BCUT2D eigenvalue weighted by atomic mass is 28.3. The fourth-order valence-electron chi connectivity index (χ4n) is 10.0. The van der Waals surface area contributed by atoms with E-state index in [1.165, 1.54) is 87.0 Å². The van der Waals surface area contributed by atoms with Crippen LogP contribution >= 0.6 is 0 Å². The zero-order chi connectivity index (χ0) is 40.8. The summed E-state index contributed by atoms with van der Waals surface area (Å²) in [6.07, 6.45) is -0.00710. The Labute approximate surface area is 359 Å². The lowest BCUT2D eigenvalue weighted by atomic mass is 9.86. The van der Waals surface area contributed by atoms with Crippen LogP contribution in [0.25, 0.3) is 43.8 Å². The van der Waals surface area contributed by atoms with Crippen molar-refractivity contribution < 1.29 is 0 Å². The molecule has 0 bridgehead atoms. The number of benzene rings is 10. The molecule has 11 rings (SSSR count). The first-order chi connectivity index (χ1) is 30.2. The second kappa shape index (κ2) is 15.3. The number of hydrogen-bond acceptors (Lipinski definition) is 2. The molecule has 0 aromatic heterocycles. The number of rotatable bonds is 8. The number of anilines is 3. The van der Waals surface area contributed by atoms with Crippen LogP contribution in [-0.4, -0.2) is 8.07 Å². The second-order valence-electron chi connectivity index (χ2n) is 16.1. The van der Waals surface area contributed by atoms with E-state index in [1.807, 2.05) is 0 Å².